The van der Waals surface area contributed by atoms with Crippen molar-refractivity contribution in [3.63, 3.8) is 0 Å². The van der Waals surface area contributed by atoms with Crippen molar-refractivity contribution in [3.05, 3.63) is 23.0 Å². The number of hydrogen-bond acceptors (Lipinski definition) is 3. The van der Waals surface area contributed by atoms with Crippen LogP contribution in [0.15, 0.2) is 6.20 Å². The van der Waals surface area contributed by atoms with Gasteiger partial charge in [0, 0.05) is 35.6 Å². The summed E-state index contributed by atoms with van der Waals surface area (Å²) >= 11 is 0. The largest absolute Gasteiger partial charge is 0.496 e. The lowest BCUT2D eigenvalue weighted by Crippen LogP contribution is -2.35. The SMILES string of the molecule is COc1c(C)cnc(CC(C)(C)CNC(C)C)c1C. The highest BCUT2D eigenvalue weighted by atomic mass is 16.5. The number of aromatic nitrogens is 1. The molecule has 0 fully saturated rings. The third-order valence-corrected chi connectivity index (χ3v) is 3.38. The first-order chi connectivity index (χ1) is 8.76. The molecule has 0 aromatic carbocycles. The van der Waals surface area contributed by atoms with Gasteiger partial charge in [0.05, 0.1) is 7.11 Å². The van der Waals surface area contributed by atoms with Gasteiger partial charge in [-0.1, -0.05) is 27.7 Å². The van der Waals surface area contributed by atoms with Gasteiger partial charge in [-0.15, -0.1) is 0 Å². The summed E-state index contributed by atoms with van der Waals surface area (Å²) in [5, 5.41) is 3.51. The maximum absolute atomic E-state index is 5.47. The van der Waals surface area contributed by atoms with E-state index in [0.717, 1.165) is 30.0 Å². The van der Waals surface area contributed by atoms with Crippen molar-refractivity contribution >= 4 is 0 Å². The fourth-order valence-electron chi connectivity index (χ4n) is 2.25. The van der Waals surface area contributed by atoms with E-state index in [4.69, 9.17) is 4.74 Å². The Bertz CT molecular complexity index is 425. The van der Waals surface area contributed by atoms with Crippen molar-refractivity contribution in [2.24, 2.45) is 5.41 Å². The zero-order valence-electron chi connectivity index (χ0n) is 13.4. The van der Waals surface area contributed by atoms with Crippen LogP contribution in [0.5, 0.6) is 5.75 Å². The molecule has 1 heterocycles. The van der Waals surface area contributed by atoms with E-state index in [1.165, 1.54) is 5.56 Å². The highest BCUT2D eigenvalue weighted by Crippen LogP contribution is 2.28. The molecule has 0 spiro atoms. The number of hydrogen-bond donors (Lipinski definition) is 1. The monoisotopic (exact) mass is 264 g/mol. The number of ether oxygens (including phenoxy) is 1. The Balaban J connectivity index is 2.87. The third-order valence-electron chi connectivity index (χ3n) is 3.38. The predicted molar refractivity (Wildman–Crippen MR) is 80.9 cm³/mol. The maximum atomic E-state index is 5.47. The number of methoxy groups -OCH3 is 1. The average molecular weight is 264 g/mol. The van der Waals surface area contributed by atoms with Gasteiger partial charge in [0.1, 0.15) is 5.75 Å². The summed E-state index contributed by atoms with van der Waals surface area (Å²) in [4.78, 5) is 4.59. The topological polar surface area (TPSA) is 34.1 Å². The number of nitrogens with zero attached hydrogens (tertiary/aromatic N) is 1. The van der Waals surface area contributed by atoms with Gasteiger partial charge in [-0.05, 0) is 25.7 Å². The van der Waals surface area contributed by atoms with Gasteiger partial charge in [0.2, 0.25) is 0 Å². The highest BCUT2D eigenvalue weighted by Gasteiger charge is 2.22. The number of aryl methyl sites for hydroxylation is 1. The molecule has 1 aromatic heterocycles. The molecule has 0 radical (unpaired) electrons. The van der Waals surface area contributed by atoms with Crippen LogP contribution in [0, 0.1) is 19.3 Å². The molecular weight excluding hydrogens is 236 g/mol. The van der Waals surface area contributed by atoms with Gasteiger partial charge in [0.25, 0.3) is 0 Å². The van der Waals surface area contributed by atoms with Gasteiger partial charge in [-0.25, -0.2) is 0 Å². The Morgan fingerprint density at radius 3 is 2.47 bits per heavy atom. The minimum atomic E-state index is 0.183. The molecule has 0 bridgehead atoms. The zero-order chi connectivity index (χ0) is 14.6. The van der Waals surface area contributed by atoms with E-state index in [0.29, 0.717) is 6.04 Å². The molecule has 0 unspecified atom stereocenters. The highest BCUT2D eigenvalue weighted by molar-refractivity contribution is 5.41. The first-order valence-corrected chi connectivity index (χ1v) is 6.99. The van der Waals surface area contributed by atoms with E-state index in [9.17, 15) is 0 Å². The Kier molecular flexibility index (Phi) is 5.36. The van der Waals surface area contributed by atoms with E-state index < -0.39 is 0 Å². The molecule has 3 nitrogen and oxygen atoms in total. The summed E-state index contributed by atoms with van der Waals surface area (Å²) in [6.07, 6.45) is 2.86. The van der Waals surface area contributed by atoms with Crippen LogP contribution in [0.3, 0.4) is 0 Å². The van der Waals surface area contributed by atoms with E-state index in [1.807, 2.05) is 13.1 Å². The molecule has 3 heteroatoms. The Labute approximate surface area is 117 Å². The van der Waals surface area contributed by atoms with Crippen LogP contribution < -0.4 is 10.1 Å². The van der Waals surface area contributed by atoms with Gasteiger partial charge < -0.3 is 10.1 Å². The summed E-state index contributed by atoms with van der Waals surface area (Å²) in [5.41, 5.74) is 3.59. The number of pyridine rings is 1. The fourth-order valence-corrected chi connectivity index (χ4v) is 2.25. The van der Waals surface area contributed by atoms with Crippen LogP contribution >= 0.6 is 0 Å². The molecule has 108 valence electrons. The van der Waals surface area contributed by atoms with Crippen molar-refractivity contribution in [2.45, 2.75) is 54.0 Å². The Hall–Kier alpha value is -1.09. The molecular formula is C16H28N2O. The van der Waals surface area contributed by atoms with Crippen molar-refractivity contribution in [3.8, 4) is 5.75 Å². The lowest BCUT2D eigenvalue weighted by atomic mass is 9.86. The van der Waals surface area contributed by atoms with Crippen LogP contribution in [0.2, 0.25) is 0 Å². The molecule has 19 heavy (non-hydrogen) atoms. The minimum Gasteiger partial charge on any atom is -0.496 e. The lowest BCUT2D eigenvalue weighted by Gasteiger charge is -2.27. The molecule has 0 atom stereocenters. The minimum absolute atomic E-state index is 0.183. The molecule has 1 aromatic rings. The van der Waals surface area contributed by atoms with Crippen LogP contribution in [0.1, 0.15) is 44.5 Å². The predicted octanol–water partition coefficient (Wildman–Crippen LogP) is 3.27. The second-order valence-electron chi connectivity index (χ2n) is 6.42. The standard InChI is InChI=1S/C16H28N2O/c1-11(2)18-10-16(5,6)8-14-13(4)15(19-7)12(3)9-17-14/h9,11,18H,8,10H2,1-7H3. The Morgan fingerprint density at radius 1 is 1.32 bits per heavy atom. The quantitative estimate of drug-likeness (QED) is 0.856. The normalized spacial score (nSPS) is 12.0. The van der Waals surface area contributed by atoms with E-state index >= 15 is 0 Å². The molecule has 0 aliphatic carbocycles. The van der Waals surface area contributed by atoms with Crippen molar-refractivity contribution in [2.75, 3.05) is 13.7 Å². The second kappa shape index (κ2) is 6.38. The zero-order valence-corrected chi connectivity index (χ0v) is 13.4. The second-order valence-corrected chi connectivity index (χ2v) is 6.42. The fraction of sp³-hybridized carbons (Fsp3) is 0.688. The van der Waals surface area contributed by atoms with Crippen LogP contribution in [-0.2, 0) is 6.42 Å². The summed E-state index contributed by atoms with van der Waals surface area (Å²) in [7, 11) is 1.73. The molecule has 0 amide bonds. The molecule has 0 aliphatic rings. The van der Waals surface area contributed by atoms with E-state index in [2.05, 4.69) is 44.9 Å². The first kappa shape index (κ1) is 16.0. The van der Waals surface area contributed by atoms with Gasteiger partial charge in [-0.3, -0.25) is 4.98 Å². The maximum Gasteiger partial charge on any atom is 0.128 e. The molecule has 0 aliphatic heterocycles. The van der Waals surface area contributed by atoms with Crippen LogP contribution in [-0.4, -0.2) is 24.7 Å². The molecule has 1 rings (SSSR count). The summed E-state index contributed by atoms with van der Waals surface area (Å²) in [6.45, 7) is 14.0. The molecule has 1 N–H and O–H groups in total. The van der Waals surface area contributed by atoms with Crippen molar-refractivity contribution in [1.29, 1.82) is 0 Å². The number of rotatable bonds is 6. The summed E-state index contributed by atoms with van der Waals surface area (Å²) in [6, 6.07) is 0.515. The molecule has 0 saturated carbocycles. The smallest absolute Gasteiger partial charge is 0.128 e. The summed E-state index contributed by atoms with van der Waals surface area (Å²) < 4.78 is 5.47. The summed E-state index contributed by atoms with van der Waals surface area (Å²) in [5.74, 6) is 0.970. The van der Waals surface area contributed by atoms with Crippen LogP contribution in [0.4, 0.5) is 0 Å². The van der Waals surface area contributed by atoms with Crippen molar-refractivity contribution in [1.82, 2.24) is 10.3 Å². The van der Waals surface area contributed by atoms with Gasteiger partial charge in [-0.2, -0.15) is 0 Å². The third kappa shape index (κ3) is 4.50. The van der Waals surface area contributed by atoms with E-state index in [-0.39, 0.29) is 5.41 Å². The van der Waals surface area contributed by atoms with Gasteiger partial charge in [0.15, 0.2) is 0 Å². The average Bonchev–Trinajstić information content (AvgIpc) is 2.31. The van der Waals surface area contributed by atoms with Crippen molar-refractivity contribution < 1.29 is 4.74 Å². The number of nitrogens with one attached hydrogen (secondary N) is 1. The Morgan fingerprint density at radius 2 is 1.95 bits per heavy atom. The van der Waals surface area contributed by atoms with Gasteiger partial charge >= 0.3 is 0 Å². The lowest BCUT2D eigenvalue weighted by molar-refractivity contribution is 0.321. The molecule has 0 saturated heterocycles. The first-order valence-electron chi connectivity index (χ1n) is 6.99. The van der Waals surface area contributed by atoms with E-state index in [1.54, 1.807) is 7.11 Å². The van der Waals surface area contributed by atoms with Crippen LogP contribution in [0.25, 0.3) is 0 Å².